The molecule has 0 fully saturated rings. The molecule has 1 atom stereocenters. The SMILES string of the molecule is COc1ccc(OC)c(C=NNC(=O)[C@H](C)NS(=O)(=O)c2ccc([N+](=O)[O-])cc2)c1. The molecule has 0 saturated heterocycles. The molecule has 2 aromatic rings. The fraction of sp³-hybridized carbons (Fsp3) is 0.222. The molecule has 11 nitrogen and oxygen atoms in total. The topological polar surface area (TPSA) is 149 Å². The van der Waals surface area contributed by atoms with Crippen LogP contribution in [0.5, 0.6) is 11.5 Å². The zero-order chi connectivity index (χ0) is 22.3. The number of non-ortho nitro benzene ring substituents is 1. The highest BCUT2D eigenvalue weighted by molar-refractivity contribution is 7.89. The summed E-state index contributed by atoms with van der Waals surface area (Å²) in [6.45, 7) is 1.33. The van der Waals surface area contributed by atoms with Crippen molar-refractivity contribution in [2.24, 2.45) is 5.10 Å². The largest absolute Gasteiger partial charge is 0.497 e. The maximum Gasteiger partial charge on any atom is 0.269 e. The van der Waals surface area contributed by atoms with E-state index in [1.54, 1.807) is 18.2 Å². The Bertz CT molecular complexity index is 1050. The van der Waals surface area contributed by atoms with E-state index < -0.39 is 26.9 Å². The van der Waals surface area contributed by atoms with Crippen molar-refractivity contribution in [3.05, 3.63) is 58.1 Å². The number of sulfonamides is 1. The van der Waals surface area contributed by atoms with Gasteiger partial charge in [0.15, 0.2) is 0 Å². The van der Waals surface area contributed by atoms with E-state index in [0.29, 0.717) is 17.1 Å². The minimum Gasteiger partial charge on any atom is -0.497 e. The second kappa shape index (κ2) is 9.80. The van der Waals surface area contributed by atoms with Crippen LogP contribution in [0.15, 0.2) is 52.5 Å². The average Bonchev–Trinajstić information content (AvgIpc) is 2.73. The fourth-order valence-corrected chi connectivity index (χ4v) is 3.51. The van der Waals surface area contributed by atoms with Crippen LogP contribution in [0.25, 0.3) is 0 Å². The zero-order valence-electron chi connectivity index (χ0n) is 16.4. The molecule has 30 heavy (non-hydrogen) atoms. The minimum atomic E-state index is -4.07. The lowest BCUT2D eigenvalue weighted by molar-refractivity contribution is -0.384. The molecule has 2 rings (SSSR count). The Labute approximate surface area is 172 Å². The molecule has 12 heteroatoms. The molecule has 2 N–H and O–H groups in total. The van der Waals surface area contributed by atoms with Crippen LogP contribution in [0, 0.1) is 10.1 Å². The smallest absolute Gasteiger partial charge is 0.269 e. The van der Waals surface area contributed by atoms with Gasteiger partial charge in [0.25, 0.3) is 11.6 Å². The molecule has 0 aliphatic heterocycles. The van der Waals surface area contributed by atoms with Gasteiger partial charge in [-0.05, 0) is 37.3 Å². The molecule has 0 aliphatic carbocycles. The van der Waals surface area contributed by atoms with Crippen LogP contribution < -0.4 is 19.6 Å². The molecule has 1 amide bonds. The highest BCUT2D eigenvalue weighted by Gasteiger charge is 2.22. The molecule has 0 aromatic heterocycles. The lowest BCUT2D eigenvalue weighted by Crippen LogP contribution is -2.43. The highest BCUT2D eigenvalue weighted by Crippen LogP contribution is 2.22. The first-order chi connectivity index (χ1) is 14.2. The van der Waals surface area contributed by atoms with Crippen molar-refractivity contribution in [2.75, 3.05) is 14.2 Å². The molecule has 0 unspecified atom stereocenters. The lowest BCUT2D eigenvalue weighted by atomic mass is 10.2. The number of methoxy groups -OCH3 is 2. The number of carbonyl (C=O) groups is 1. The van der Waals surface area contributed by atoms with Crippen LogP contribution in [0.3, 0.4) is 0 Å². The van der Waals surface area contributed by atoms with Crippen molar-refractivity contribution in [1.82, 2.24) is 10.1 Å². The number of nitro groups is 1. The van der Waals surface area contributed by atoms with E-state index in [0.717, 1.165) is 24.3 Å². The predicted octanol–water partition coefficient (Wildman–Crippen LogP) is 1.43. The molecular weight excluding hydrogens is 416 g/mol. The highest BCUT2D eigenvalue weighted by atomic mass is 32.2. The monoisotopic (exact) mass is 436 g/mol. The number of nitro benzene ring substituents is 1. The first-order valence-electron chi connectivity index (χ1n) is 8.49. The normalized spacial score (nSPS) is 12.4. The van der Waals surface area contributed by atoms with Crippen molar-refractivity contribution < 1.29 is 27.6 Å². The number of hydrazone groups is 1. The molecule has 0 radical (unpaired) electrons. The van der Waals surface area contributed by atoms with Crippen LogP contribution in [-0.2, 0) is 14.8 Å². The van der Waals surface area contributed by atoms with Crippen LogP contribution in [0.1, 0.15) is 12.5 Å². The molecule has 0 spiro atoms. The first kappa shape index (κ1) is 22.8. The minimum absolute atomic E-state index is 0.211. The quantitative estimate of drug-likeness (QED) is 0.343. The van der Waals surface area contributed by atoms with Gasteiger partial charge in [0.2, 0.25) is 10.0 Å². The number of rotatable bonds is 9. The molecule has 0 heterocycles. The molecule has 2 aromatic carbocycles. The number of hydrogen-bond donors (Lipinski definition) is 2. The summed E-state index contributed by atoms with van der Waals surface area (Å²) in [5.41, 5.74) is 2.53. The van der Waals surface area contributed by atoms with Crippen molar-refractivity contribution in [3.8, 4) is 11.5 Å². The summed E-state index contributed by atoms with van der Waals surface area (Å²) in [6, 6.07) is 8.14. The van der Waals surface area contributed by atoms with E-state index >= 15 is 0 Å². The Kier molecular flexibility index (Phi) is 7.44. The van der Waals surface area contributed by atoms with Crippen molar-refractivity contribution in [1.29, 1.82) is 0 Å². The Morgan fingerprint density at radius 1 is 1.17 bits per heavy atom. The van der Waals surface area contributed by atoms with Gasteiger partial charge in [0, 0.05) is 17.7 Å². The van der Waals surface area contributed by atoms with Crippen molar-refractivity contribution >= 4 is 27.8 Å². The van der Waals surface area contributed by atoms with Gasteiger partial charge in [-0.3, -0.25) is 14.9 Å². The van der Waals surface area contributed by atoms with Gasteiger partial charge in [-0.15, -0.1) is 0 Å². The fourth-order valence-electron chi connectivity index (χ4n) is 2.30. The van der Waals surface area contributed by atoms with Crippen molar-refractivity contribution in [3.63, 3.8) is 0 Å². The molecule has 0 bridgehead atoms. The number of benzene rings is 2. The number of nitrogens with zero attached hydrogens (tertiary/aromatic N) is 2. The van der Waals surface area contributed by atoms with Gasteiger partial charge in [-0.2, -0.15) is 9.82 Å². The number of ether oxygens (including phenoxy) is 2. The number of amides is 1. The Morgan fingerprint density at radius 2 is 1.83 bits per heavy atom. The standard InChI is InChI=1S/C18H20N4O7S/c1-12(21-30(26,27)16-7-4-14(5-8-16)22(24)25)18(23)20-19-11-13-10-15(28-2)6-9-17(13)29-3/h4-12,21H,1-3H3,(H,20,23)/t12-/m0/s1. The van der Waals surface area contributed by atoms with E-state index in [4.69, 9.17) is 9.47 Å². The number of carbonyl (C=O) groups excluding carboxylic acids is 1. The van der Waals surface area contributed by atoms with Gasteiger partial charge >= 0.3 is 0 Å². The Morgan fingerprint density at radius 3 is 2.40 bits per heavy atom. The number of hydrogen-bond acceptors (Lipinski definition) is 8. The molecule has 160 valence electrons. The second-order valence-corrected chi connectivity index (χ2v) is 7.65. The maximum atomic E-state index is 12.3. The lowest BCUT2D eigenvalue weighted by Gasteiger charge is -2.12. The third-order valence-corrected chi connectivity index (χ3v) is 5.45. The Hall–Kier alpha value is -3.51. The summed E-state index contributed by atoms with van der Waals surface area (Å²) in [6.07, 6.45) is 1.33. The van der Waals surface area contributed by atoms with Gasteiger partial charge in [-0.1, -0.05) is 0 Å². The third-order valence-electron chi connectivity index (χ3n) is 3.90. The summed E-state index contributed by atoms with van der Waals surface area (Å²) in [5.74, 6) is 0.354. The maximum absolute atomic E-state index is 12.3. The van der Waals surface area contributed by atoms with Crippen LogP contribution >= 0.6 is 0 Å². The average molecular weight is 436 g/mol. The van der Waals surface area contributed by atoms with E-state index in [-0.39, 0.29) is 10.6 Å². The van der Waals surface area contributed by atoms with Crippen molar-refractivity contribution in [2.45, 2.75) is 17.9 Å². The van der Waals surface area contributed by atoms with E-state index in [1.165, 1.54) is 27.4 Å². The molecule has 0 aliphatic rings. The second-order valence-electron chi connectivity index (χ2n) is 5.94. The van der Waals surface area contributed by atoms with Crippen LogP contribution in [0.4, 0.5) is 5.69 Å². The first-order valence-corrected chi connectivity index (χ1v) is 9.98. The third kappa shape index (κ3) is 5.75. The van der Waals surface area contributed by atoms with Crippen LogP contribution in [-0.4, -0.2) is 45.7 Å². The van der Waals surface area contributed by atoms with E-state index in [2.05, 4.69) is 15.2 Å². The summed E-state index contributed by atoms with van der Waals surface area (Å²) in [7, 11) is -1.08. The van der Waals surface area contributed by atoms with E-state index in [1.807, 2.05) is 0 Å². The molecular formula is C18H20N4O7S. The summed E-state index contributed by atoms with van der Waals surface area (Å²) in [4.78, 5) is 22.0. The van der Waals surface area contributed by atoms with Gasteiger partial charge in [0.05, 0.1) is 36.3 Å². The summed E-state index contributed by atoms with van der Waals surface area (Å²) in [5, 5.41) is 14.5. The van der Waals surface area contributed by atoms with E-state index in [9.17, 15) is 23.3 Å². The summed E-state index contributed by atoms with van der Waals surface area (Å²) >= 11 is 0. The number of nitrogens with one attached hydrogen (secondary N) is 2. The zero-order valence-corrected chi connectivity index (χ0v) is 17.2. The van der Waals surface area contributed by atoms with Gasteiger partial charge < -0.3 is 9.47 Å². The van der Waals surface area contributed by atoms with Crippen LogP contribution in [0.2, 0.25) is 0 Å². The van der Waals surface area contributed by atoms with Gasteiger partial charge in [-0.25, -0.2) is 13.8 Å². The summed E-state index contributed by atoms with van der Waals surface area (Å²) < 4.78 is 37.2. The van der Waals surface area contributed by atoms with Gasteiger partial charge in [0.1, 0.15) is 11.5 Å². The Balaban J connectivity index is 2.04. The molecule has 0 saturated carbocycles. The predicted molar refractivity (Wildman–Crippen MR) is 108 cm³/mol.